The van der Waals surface area contributed by atoms with Crippen LogP contribution in [0.2, 0.25) is 0 Å². The summed E-state index contributed by atoms with van der Waals surface area (Å²) in [5.41, 5.74) is 0.921. The Balaban J connectivity index is 1.64. The quantitative estimate of drug-likeness (QED) is 0.820. The molecule has 0 bridgehead atoms. The molecular weight excluding hydrogens is 373 g/mol. The Morgan fingerprint density at radius 1 is 1.33 bits per heavy atom. The highest BCUT2D eigenvalue weighted by atomic mass is 32.2. The second-order valence-electron chi connectivity index (χ2n) is 6.56. The zero-order valence-electron chi connectivity index (χ0n) is 14.1. The molecule has 0 radical (unpaired) electrons. The summed E-state index contributed by atoms with van der Waals surface area (Å²) in [6, 6.07) is 7.81. The van der Waals surface area contributed by atoms with Crippen molar-refractivity contribution < 1.29 is 27.4 Å². The predicted molar refractivity (Wildman–Crippen MR) is 95.7 cm³/mol. The summed E-state index contributed by atoms with van der Waals surface area (Å²) in [6.07, 6.45) is 1.29. The normalized spacial score (nSPS) is 22.9. The lowest BCUT2D eigenvalue weighted by atomic mass is 10.0. The Bertz CT molecular complexity index is 1070. The summed E-state index contributed by atoms with van der Waals surface area (Å²) in [6.45, 7) is 3.76. The van der Waals surface area contributed by atoms with Crippen LogP contribution in [0, 0.1) is 11.7 Å². The molecule has 8 heteroatoms. The van der Waals surface area contributed by atoms with E-state index in [1.165, 1.54) is 18.2 Å². The first kappa shape index (κ1) is 17.7. The lowest BCUT2D eigenvalue weighted by Gasteiger charge is -2.17. The van der Waals surface area contributed by atoms with E-state index in [4.69, 9.17) is 4.74 Å². The number of para-hydroxylation sites is 1. The minimum absolute atomic E-state index is 0.0528. The van der Waals surface area contributed by atoms with Crippen molar-refractivity contribution in [1.29, 1.82) is 0 Å². The number of carboxylic acids is 1. The number of ether oxygens (including phenoxy) is 1. The van der Waals surface area contributed by atoms with E-state index in [0.717, 1.165) is 12.1 Å². The molecule has 0 saturated heterocycles. The molecule has 140 valence electrons. The van der Waals surface area contributed by atoms with Gasteiger partial charge in [-0.05, 0) is 29.8 Å². The van der Waals surface area contributed by atoms with Crippen LogP contribution in [-0.2, 0) is 10.0 Å². The van der Waals surface area contributed by atoms with Crippen LogP contribution in [0.25, 0.3) is 6.08 Å². The van der Waals surface area contributed by atoms with E-state index in [1.807, 2.05) is 0 Å². The van der Waals surface area contributed by atoms with Crippen molar-refractivity contribution in [2.45, 2.75) is 16.9 Å². The van der Waals surface area contributed by atoms with Crippen LogP contribution in [0.4, 0.5) is 4.39 Å². The first-order chi connectivity index (χ1) is 12.8. The van der Waals surface area contributed by atoms with Gasteiger partial charge in [-0.1, -0.05) is 24.8 Å². The number of benzene rings is 2. The SMILES string of the molecule is C=Cc1cc(F)ccc1S(=O)(=O)NC1C2COc3c(C(=O)O)cccc3C21. The first-order valence-electron chi connectivity index (χ1n) is 8.27. The van der Waals surface area contributed by atoms with Crippen LogP contribution in [0.5, 0.6) is 5.75 Å². The summed E-state index contributed by atoms with van der Waals surface area (Å²) in [7, 11) is -3.90. The van der Waals surface area contributed by atoms with Gasteiger partial charge in [-0.25, -0.2) is 22.3 Å². The maximum atomic E-state index is 13.4. The number of fused-ring (bicyclic) bond motifs is 3. The highest BCUT2D eigenvalue weighted by Gasteiger charge is 2.57. The Morgan fingerprint density at radius 2 is 2.11 bits per heavy atom. The highest BCUT2D eigenvalue weighted by molar-refractivity contribution is 7.89. The minimum atomic E-state index is -3.90. The van der Waals surface area contributed by atoms with E-state index in [2.05, 4.69) is 11.3 Å². The molecule has 1 saturated carbocycles. The van der Waals surface area contributed by atoms with Gasteiger partial charge in [-0.2, -0.15) is 0 Å². The lowest BCUT2D eigenvalue weighted by Crippen LogP contribution is -2.28. The van der Waals surface area contributed by atoms with E-state index in [1.54, 1.807) is 12.1 Å². The van der Waals surface area contributed by atoms with Crippen molar-refractivity contribution in [3.05, 3.63) is 65.5 Å². The molecule has 1 aliphatic carbocycles. The van der Waals surface area contributed by atoms with Crippen LogP contribution in [-0.4, -0.2) is 32.1 Å². The Kier molecular flexibility index (Phi) is 4.05. The summed E-state index contributed by atoms with van der Waals surface area (Å²) in [4.78, 5) is 11.3. The van der Waals surface area contributed by atoms with Gasteiger partial charge < -0.3 is 9.84 Å². The fourth-order valence-electron chi connectivity index (χ4n) is 3.66. The van der Waals surface area contributed by atoms with Gasteiger partial charge in [0.2, 0.25) is 10.0 Å². The van der Waals surface area contributed by atoms with Crippen molar-refractivity contribution >= 4 is 22.1 Å². The Morgan fingerprint density at radius 3 is 2.81 bits per heavy atom. The summed E-state index contributed by atoms with van der Waals surface area (Å²) < 4.78 is 47.2. The number of hydrogen-bond donors (Lipinski definition) is 2. The van der Waals surface area contributed by atoms with Crippen molar-refractivity contribution in [3.63, 3.8) is 0 Å². The third kappa shape index (κ3) is 2.90. The number of sulfonamides is 1. The molecule has 0 amide bonds. The number of nitrogens with one attached hydrogen (secondary N) is 1. The van der Waals surface area contributed by atoms with E-state index >= 15 is 0 Å². The average molecular weight is 389 g/mol. The molecule has 4 rings (SSSR count). The van der Waals surface area contributed by atoms with Gasteiger partial charge in [-0.3, -0.25) is 0 Å². The standard InChI is InChI=1S/C19H16FNO5S/c1-2-10-8-11(20)6-7-15(10)27(24,25)21-17-14-9-26-18-12(16(14)17)4-3-5-13(18)19(22)23/h2-8,14,16-17,21H,1,9H2,(H,22,23). The van der Waals surface area contributed by atoms with Crippen LogP contribution in [0.3, 0.4) is 0 Å². The van der Waals surface area contributed by atoms with Gasteiger partial charge in [0.25, 0.3) is 0 Å². The molecule has 1 aliphatic heterocycles. The Labute approximate surface area is 155 Å². The lowest BCUT2D eigenvalue weighted by molar-refractivity contribution is 0.0691. The van der Waals surface area contributed by atoms with Gasteiger partial charge in [0.15, 0.2) is 0 Å². The number of aromatic carboxylic acids is 1. The summed E-state index contributed by atoms with van der Waals surface area (Å²) in [5.74, 6) is -1.58. The van der Waals surface area contributed by atoms with E-state index in [-0.39, 0.29) is 34.5 Å². The fraction of sp³-hybridized carbons (Fsp3) is 0.211. The van der Waals surface area contributed by atoms with Crippen LogP contribution >= 0.6 is 0 Å². The van der Waals surface area contributed by atoms with Crippen LogP contribution < -0.4 is 9.46 Å². The summed E-state index contributed by atoms with van der Waals surface area (Å²) in [5, 5.41) is 9.29. The molecule has 2 aromatic carbocycles. The van der Waals surface area contributed by atoms with E-state index in [9.17, 15) is 22.7 Å². The first-order valence-corrected chi connectivity index (χ1v) is 9.75. The van der Waals surface area contributed by atoms with Gasteiger partial charge in [-0.15, -0.1) is 0 Å². The zero-order chi connectivity index (χ0) is 19.3. The fourth-order valence-corrected chi connectivity index (χ4v) is 5.17. The van der Waals surface area contributed by atoms with Gasteiger partial charge in [0.1, 0.15) is 17.1 Å². The van der Waals surface area contributed by atoms with Crippen LogP contribution in [0.15, 0.2) is 47.9 Å². The molecule has 1 fully saturated rings. The number of hydrogen-bond acceptors (Lipinski definition) is 4. The molecule has 0 aromatic heterocycles. The highest BCUT2D eigenvalue weighted by Crippen LogP contribution is 2.55. The van der Waals surface area contributed by atoms with Crippen LogP contribution in [0.1, 0.15) is 27.4 Å². The third-order valence-corrected chi connectivity index (χ3v) is 6.53. The molecule has 2 N–H and O–H groups in total. The number of rotatable bonds is 5. The number of carbonyl (C=O) groups is 1. The maximum Gasteiger partial charge on any atom is 0.339 e. The van der Waals surface area contributed by atoms with E-state index in [0.29, 0.717) is 11.3 Å². The predicted octanol–water partition coefficient (Wildman–Crippen LogP) is 2.62. The van der Waals surface area contributed by atoms with Gasteiger partial charge >= 0.3 is 5.97 Å². The minimum Gasteiger partial charge on any atom is -0.492 e. The van der Waals surface area contributed by atoms with Gasteiger partial charge in [0, 0.05) is 23.4 Å². The Hall–Kier alpha value is -2.71. The third-order valence-electron chi connectivity index (χ3n) is 5.00. The average Bonchev–Trinajstić information content (AvgIpc) is 3.33. The zero-order valence-corrected chi connectivity index (χ0v) is 14.9. The largest absolute Gasteiger partial charge is 0.492 e. The summed E-state index contributed by atoms with van der Waals surface area (Å²) >= 11 is 0. The molecule has 3 atom stereocenters. The maximum absolute atomic E-state index is 13.4. The molecule has 2 aromatic rings. The molecule has 1 heterocycles. The molecule has 0 spiro atoms. The van der Waals surface area contributed by atoms with E-state index < -0.39 is 27.9 Å². The van der Waals surface area contributed by atoms with Crippen molar-refractivity contribution in [2.75, 3.05) is 6.61 Å². The molecular formula is C19H16FNO5S. The smallest absolute Gasteiger partial charge is 0.339 e. The molecule has 3 unspecified atom stereocenters. The van der Waals surface area contributed by atoms with Gasteiger partial charge in [0.05, 0.1) is 11.5 Å². The van der Waals surface area contributed by atoms with Crippen molar-refractivity contribution in [1.82, 2.24) is 4.72 Å². The number of halogens is 1. The number of carboxylic acid groups (broad SMARTS) is 1. The molecule has 2 aliphatic rings. The molecule has 6 nitrogen and oxygen atoms in total. The van der Waals surface area contributed by atoms with Crippen molar-refractivity contribution in [3.8, 4) is 5.75 Å². The van der Waals surface area contributed by atoms with Crippen molar-refractivity contribution in [2.24, 2.45) is 5.92 Å². The monoisotopic (exact) mass is 389 g/mol. The second kappa shape index (κ2) is 6.17. The molecule has 27 heavy (non-hydrogen) atoms. The second-order valence-corrected chi connectivity index (χ2v) is 8.25. The topological polar surface area (TPSA) is 92.7 Å².